The van der Waals surface area contributed by atoms with Crippen molar-refractivity contribution in [2.75, 3.05) is 20.8 Å². The smallest absolute Gasteiger partial charge is 0.224 e. The first-order chi connectivity index (χ1) is 10.2. The van der Waals surface area contributed by atoms with Crippen molar-refractivity contribution in [2.45, 2.75) is 12.8 Å². The molecule has 0 fully saturated rings. The van der Waals surface area contributed by atoms with Crippen LogP contribution in [0.5, 0.6) is 11.5 Å². The van der Waals surface area contributed by atoms with Crippen LogP contribution < -0.4 is 14.8 Å². The van der Waals surface area contributed by atoms with Gasteiger partial charge in [0, 0.05) is 24.0 Å². The Labute approximate surface area is 127 Å². The van der Waals surface area contributed by atoms with Crippen LogP contribution in [0.2, 0.25) is 0 Å². The summed E-state index contributed by atoms with van der Waals surface area (Å²) < 4.78 is 10.4. The van der Waals surface area contributed by atoms with Gasteiger partial charge in [0.05, 0.1) is 26.2 Å². The molecular weight excluding hydrogens is 288 g/mol. The number of nitrogens with one attached hydrogen (secondary N) is 1. The molecule has 1 aromatic heterocycles. The number of nitrogens with zero attached hydrogens (tertiary/aromatic N) is 1. The molecule has 0 saturated heterocycles. The summed E-state index contributed by atoms with van der Waals surface area (Å²) in [7, 11) is 3.17. The summed E-state index contributed by atoms with van der Waals surface area (Å²) in [5.41, 5.74) is 2.68. The summed E-state index contributed by atoms with van der Waals surface area (Å²) in [5.74, 6) is 1.28. The van der Waals surface area contributed by atoms with E-state index in [1.54, 1.807) is 37.1 Å². The molecule has 0 aliphatic carbocycles. The zero-order chi connectivity index (χ0) is 15.1. The molecular formula is C15H18N2O3S. The second kappa shape index (κ2) is 7.64. The van der Waals surface area contributed by atoms with E-state index in [2.05, 4.69) is 10.3 Å². The zero-order valence-electron chi connectivity index (χ0n) is 12.1. The fourth-order valence-electron chi connectivity index (χ4n) is 1.93. The summed E-state index contributed by atoms with van der Waals surface area (Å²) in [6.45, 7) is 0.619. The van der Waals surface area contributed by atoms with E-state index in [0.29, 0.717) is 24.5 Å². The zero-order valence-corrected chi connectivity index (χ0v) is 12.9. The third-order valence-electron chi connectivity index (χ3n) is 2.99. The Bertz CT molecular complexity index is 585. The van der Waals surface area contributed by atoms with Gasteiger partial charge in [-0.15, -0.1) is 11.3 Å². The highest BCUT2D eigenvalue weighted by Gasteiger charge is 2.08. The highest BCUT2D eigenvalue weighted by atomic mass is 32.1. The molecule has 0 saturated carbocycles. The number of carbonyl (C=O) groups excluding carboxylic acids is 1. The van der Waals surface area contributed by atoms with Crippen LogP contribution in [-0.2, 0) is 17.6 Å². The van der Waals surface area contributed by atoms with Gasteiger partial charge in [0.15, 0.2) is 11.5 Å². The molecule has 21 heavy (non-hydrogen) atoms. The van der Waals surface area contributed by atoms with Crippen molar-refractivity contribution in [3.05, 3.63) is 40.3 Å². The third kappa shape index (κ3) is 4.46. The molecule has 2 rings (SSSR count). The maximum Gasteiger partial charge on any atom is 0.224 e. The van der Waals surface area contributed by atoms with Crippen LogP contribution in [0.25, 0.3) is 0 Å². The molecule has 112 valence electrons. The van der Waals surface area contributed by atoms with Crippen molar-refractivity contribution < 1.29 is 14.3 Å². The minimum Gasteiger partial charge on any atom is -0.493 e. The predicted octanol–water partition coefficient (Wildman–Crippen LogP) is 2.06. The maximum atomic E-state index is 11.9. The van der Waals surface area contributed by atoms with Gasteiger partial charge in [-0.2, -0.15) is 0 Å². The number of amides is 1. The van der Waals surface area contributed by atoms with Gasteiger partial charge in [0.2, 0.25) is 5.91 Å². The van der Waals surface area contributed by atoms with Crippen LogP contribution in [0.4, 0.5) is 0 Å². The average Bonchev–Trinajstić information content (AvgIpc) is 3.00. The molecule has 1 amide bonds. The lowest BCUT2D eigenvalue weighted by Gasteiger charge is -2.09. The van der Waals surface area contributed by atoms with E-state index in [1.165, 1.54) is 4.88 Å². The van der Waals surface area contributed by atoms with Crippen molar-refractivity contribution in [1.82, 2.24) is 10.3 Å². The Kier molecular flexibility index (Phi) is 5.57. The van der Waals surface area contributed by atoms with Crippen LogP contribution in [0.1, 0.15) is 10.4 Å². The molecule has 0 radical (unpaired) electrons. The van der Waals surface area contributed by atoms with Gasteiger partial charge >= 0.3 is 0 Å². The molecule has 0 unspecified atom stereocenters. The fourth-order valence-corrected chi connectivity index (χ4v) is 2.53. The topological polar surface area (TPSA) is 60.5 Å². The molecule has 1 heterocycles. The van der Waals surface area contributed by atoms with E-state index < -0.39 is 0 Å². The van der Waals surface area contributed by atoms with Gasteiger partial charge in [-0.25, -0.2) is 0 Å². The normalized spacial score (nSPS) is 10.2. The number of aromatic nitrogens is 1. The first-order valence-corrected chi connectivity index (χ1v) is 7.46. The van der Waals surface area contributed by atoms with Crippen LogP contribution in [0.15, 0.2) is 29.9 Å². The van der Waals surface area contributed by atoms with Crippen molar-refractivity contribution >= 4 is 17.2 Å². The summed E-state index contributed by atoms with van der Waals surface area (Å²) in [4.78, 5) is 17.1. The van der Waals surface area contributed by atoms with Crippen LogP contribution in [0, 0.1) is 0 Å². The number of hydrogen-bond donors (Lipinski definition) is 1. The molecule has 0 bridgehead atoms. The predicted molar refractivity (Wildman–Crippen MR) is 82.1 cm³/mol. The van der Waals surface area contributed by atoms with E-state index in [0.717, 1.165) is 12.0 Å². The quantitative estimate of drug-likeness (QED) is 0.850. The number of hydrogen-bond acceptors (Lipinski definition) is 5. The second-order valence-electron chi connectivity index (χ2n) is 4.43. The summed E-state index contributed by atoms with van der Waals surface area (Å²) in [6, 6.07) is 5.49. The van der Waals surface area contributed by atoms with Gasteiger partial charge in [-0.3, -0.25) is 9.78 Å². The molecule has 2 aromatic rings. The minimum atomic E-state index is -0.00765. The van der Waals surface area contributed by atoms with E-state index in [1.807, 2.05) is 18.3 Å². The monoisotopic (exact) mass is 306 g/mol. The first kappa shape index (κ1) is 15.3. The molecule has 0 spiro atoms. The summed E-state index contributed by atoms with van der Waals surface area (Å²) >= 11 is 1.59. The molecule has 0 aliphatic rings. The SMILES string of the molecule is COc1ccc(CC(=O)NCCc2cncs2)cc1OC. The Morgan fingerprint density at radius 3 is 2.76 bits per heavy atom. The molecule has 6 heteroatoms. The third-order valence-corrected chi connectivity index (χ3v) is 3.83. The lowest BCUT2D eigenvalue weighted by Crippen LogP contribution is -2.27. The van der Waals surface area contributed by atoms with Crippen LogP contribution in [-0.4, -0.2) is 31.7 Å². The highest BCUT2D eigenvalue weighted by Crippen LogP contribution is 2.27. The van der Waals surface area contributed by atoms with E-state index in [-0.39, 0.29) is 5.91 Å². The van der Waals surface area contributed by atoms with Gasteiger partial charge in [0.25, 0.3) is 0 Å². The molecule has 0 atom stereocenters. The maximum absolute atomic E-state index is 11.9. The molecule has 1 aromatic carbocycles. The lowest BCUT2D eigenvalue weighted by atomic mass is 10.1. The molecule has 5 nitrogen and oxygen atoms in total. The van der Waals surface area contributed by atoms with Gasteiger partial charge < -0.3 is 14.8 Å². The second-order valence-corrected chi connectivity index (χ2v) is 5.40. The first-order valence-electron chi connectivity index (χ1n) is 6.58. The van der Waals surface area contributed by atoms with Crippen LogP contribution in [0.3, 0.4) is 0 Å². The van der Waals surface area contributed by atoms with E-state index in [9.17, 15) is 4.79 Å². The fraction of sp³-hybridized carbons (Fsp3) is 0.333. The average molecular weight is 306 g/mol. The Balaban J connectivity index is 1.84. The summed E-state index contributed by atoms with van der Waals surface area (Å²) in [6.07, 6.45) is 2.95. The van der Waals surface area contributed by atoms with Crippen molar-refractivity contribution in [3.63, 3.8) is 0 Å². The number of rotatable bonds is 7. The number of benzene rings is 1. The number of carbonyl (C=O) groups is 1. The Hall–Kier alpha value is -2.08. The largest absolute Gasteiger partial charge is 0.493 e. The highest BCUT2D eigenvalue weighted by molar-refractivity contribution is 7.09. The Morgan fingerprint density at radius 1 is 1.29 bits per heavy atom. The molecule has 1 N–H and O–H groups in total. The number of ether oxygens (including phenoxy) is 2. The van der Waals surface area contributed by atoms with E-state index >= 15 is 0 Å². The van der Waals surface area contributed by atoms with Gasteiger partial charge in [0.1, 0.15) is 0 Å². The summed E-state index contributed by atoms with van der Waals surface area (Å²) in [5, 5.41) is 2.90. The standard InChI is InChI=1S/C15H18N2O3S/c1-19-13-4-3-11(7-14(13)20-2)8-15(18)17-6-5-12-9-16-10-21-12/h3-4,7,9-10H,5-6,8H2,1-2H3,(H,17,18). The van der Waals surface area contributed by atoms with Crippen molar-refractivity contribution in [1.29, 1.82) is 0 Å². The van der Waals surface area contributed by atoms with Crippen molar-refractivity contribution in [2.24, 2.45) is 0 Å². The minimum absolute atomic E-state index is 0.00765. The number of thiazole rings is 1. The van der Waals surface area contributed by atoms with Crippen LogP contribution >= 0.6 is 11.3 Å². The lowest BCUT2D eigenvalue weighted by molar-refractivity contribution is -0.120. The molecule has 0 aliphatic heterocycles. The number of methoxy groups -OCH3 is 2. The van der Waals surface area contributed by atoms with Gasteiger partial charge in [-0.1, -0.05) is 6.07 Å². The van der Waals surface area contributed by atoms with E-state index in [4.69, 9.17) is 9.47 Å². The van der Waals surface area contributed by atoms with Crippen molar-refractivity contribution in [3.8, 4) is 11.5 Å². The van der Waals surface area contributed by atoms with Gasteiger partial charge in [-0.05, 0) is 17.7 Å². The Morgan fingerprint density at radius 2 is 2.10 bits per heavy atom.